The van der Waals surface area contributed by atoms with Crippen molar-refractivity contribution in [2.24, 2.45) is 0 Å². The van der Waals surface area contributed by atoms with Gasteiger partial charge in [0, 0.05) is 32.7 Å². The van der Waals surface area contributed by atoms with Gasteiger partial charge >= 0.3 is 0 Å². The van der Waals surface area contributed by atoms with E-state index in [1.54, 1.807) is 0 Å². The molecule has 1 aromatic rings. The summed E-state index contributed by atoms with van der Waals surface area (Å²) in [5.41, 5.74) is 0. The molecule has 0 unspecified atom stereocenters. The molecule has 3 heteroatoms. The third-order valence-corrected chi connectivity index (χ3v) is 0.910. The van der Waals surface area contributed by atoms with Gasteiger partial charge < -0.3 is 20.7 Å². The molecule has 1 aromatic carbocycles. The van der Waals surface area contributed by atoms with E-state index in [0.717, 1.165) is 5.75 Å². The molecule has 0 fully saturated rings. The SMILES string of the molecule is [CH2-]Br.[CH2-]Oc1ccccc1.[Y]. The van der Waals surface area contributed by atoms with E-state index in [4.69, 9.17) is 0 Å². The van der Waals surface area contributed by atoms with Crippen LogP contribution in [0.4, 0.5) is 0 Å². The molecular formula is C8H9BrOY-2. The minimum Gasteiger partial charge on any atom is -0.665 e. The van der Waals surface area contributed by atoms with Crippen LogP contribution in [0.5, 0.6) is 5.75 Å². The third-order valence-electron chi connectivity index (χ3n) is 0.910. The van der Waals surface area contributed by atoms with Crippen LogP contribution in [0.2, 0.25) is 0 Å². The van der Waals surface area contributed by atoms with Gasteiger partial charge in [-0.15, -0.1) is 0 Å². The van der Waals surface area contributed by atoms with Crippen LogP contribution in [-0.4, -0.2) is 0 Å². The first kappa shape index (κ1) is 14.1. The molecule has 1 radical (unpaired) electrons. The molecule has 0 aliphatic carbocycles. The summed E-state index contributed by atoms with van der Waals surface area (Å²) in [6, 6.07) is 9.45. The third kappa shape index (κ3) is 6.98. The molecule has 0 heterocycles. The summed E-state index contributed by atoms with van der Waals surface area (Å²) in [6.45, 7) is 0. The molecule has 1 rings (SSSR count). The standard InChI is InChI=1S/C7H7O.CH2Br.Y/c1-8-7-5-3-2-4-6-7;1-2;/h2-6H,1H2;1H2;/q2*-1;. The molecule has 0 amide bonds. The van der Waals surface area contributed by atoms with Crippen LogP contribution >= 0.6 is 15.9 Å². The number of para-hydroxylation sites is 1. The van der Waals surface area contributed by atoms with E-state index in [1.807, 2.05) is 30.3 Å². The second-order valence-electron chi connectivity index (χ2n) is 1.46. The molecule has 0 bridgehead atoms. The molecule has 0 spiro atoms. The Morgan fingerprint density at radius 3 is 1.82 bits per heavy atom. The van der Waals surface area contributed by atoms with Crippen molar-refractivity contribution in [3.8, 4) is 5.75 Å². The zero-order chi connectivity index (χ0) is 7.82. The van der Waals surface area contributed by atoms with Crippen LogP contribution in [-0.2, 0) is 32.7 Å². The van der Waals surface area contributed by atoms with Gasteiger partial charge in [-0.2, -0.15) is 7.11 Å². The van der Waals surface area contributed by atoms with Crippen molar-refractivity contribution in [1.82, 2.24) is 0 Å². The first-order valence-electron chi connectivity index (χ1n) is 2.67. The maximum absolute atomic E-state index is 4.66. The molecule has 0 saturated carbocycles. The molecular weight excluding hydrogens is 281 g/mol. The monoisotopic (exact) mass is 289 g/mol. The average Bonchev–Trinajstić information content (AvgIpc) is 2.10. The molecule has 0 saturated heterocycles. The van der Waals surface area contributed by atoms with Gasteiger partial charge in [0.05, 0.1) is 5.75 Å². The Morgan fingerprint density at radius 2 is 1.55 bits per heavy atom. The van der Waals surface area contributed by atoms with Gasteiger partial charge in [-0.1, -0.05) is 18.2 Å². The summed E-state index contributed by atoms with van der Waals surface area (Å²) < 4.78 is 4.66. The molecule has 59 valence electrons. The molecule has 0 aliphatic heterocycles. The van der Waals surface area contributed by atoms with E-state index >= 15 is 0 Å². The number of hydrogen-bond acceptors (Lipinski definition) is 1. The van der Waals surface area contributed by atoms with Crippen molar-refractivity contribution in [2.45, 2.75) is 0 Å². The van der Waals surface area contributed by atoms with Gasteiger partial charge in [-0.25, -0.2) is 0 Å². The fraction of sp³-hybridized carbons (Fsp3) is 0. The van der Waals surface area contributed by atoms with Crippen molar-refractivity contribution in [3.63, 3.8) is 0 Å². The van der Waals surface area contributed by atoms with Gasteiger partial charge in [-0.3, -0.25) is 5.83 Å². The van der Waals surface area contributed by atoms with Crippen molar-refractivity contribution < 1.29 is 37.4 Å². The smallest absolute Gasteiger partial charge is 0.0843 e. The van der Waals surface area contributed by atoms with Gasteiger partial charge in [0.2, 0.25) is 0 Å². The van der Waals surface area contributed by atoms with E-state index in [0.29, 0.717) is 0 Å². The Labute approximate surface area is 102 Å². The normalized spacial score (nSPS) is 6.82. The Bertz CT molecular complexity index is 155. The fourth-order valence-electron chi connectivity index (χ4n) is 0.517. The number of halogens is 1. The zero-order valence-corrected chi connectivity index (χ0v) is 10.6. The number of ether oxygens (including phenoxy) is 1. The molecule has 0 N–H and O–H groups in total. The van der Waals surface area contributed by atoms with Crippen LogP contribution < -0.4 is 4.74 Å². The topological polar surface area (TPSA) is 9.23 Å². The van der Waals surface area contributed by atoms with Crippen molar-refractivity contribution in [1.29, 1.82) is 0 Å². The maximum atomic E-state index is 4.66. The predicted octanol–water partition coefficient (Wildman–Crippen LogP) is 3.03. The van der Waals surface area contributed by atoms with E-state index in [1.165, 1.54) is 0 Å². The Kier molecular flexibility index (Phi) is 13.6. The molecule has 1 nitrogen and oxygen atoms in total. The molecule has 11 heavy (non-hydrogen) atoms. The van der Waals surface area contributed by atoms with Gasteiger partial charge in [0.25, 0.3) is 0 Å². The van der Waals surface area contributed by atoms with Crippen LogP contribution in [0, 0.1) is 12.9 Å². The number of hydrogen-bond donors (Lipinski definition) is 0. The quantitative estimate of drug-likeness (QED) is 0.722. The van der Waals surface area contributed by atoms with Crippen LogP contribution in [0.15, 0.2) is 30.3 Å². The van der Waals surface area contributed by atoms with Crippen LogP contribution in [0.25, 0.3) is 0 Å². The molecule has 0 aromatic heterocycles. The van der Waals surface area contributed by atoms with E-state index in [9.17, 15) is 0 Å². The minimum absolute atomic E-state index is 0. The van der Waals surface area contributed by atoms with Crippen molar-refractivity contribution in [3.05, 3.63) is 43.3 Å². The Hall–Kier alpha value is 0.604. The van der Waals surface area contributed by atoms with Crippen LogP contribution in [0.3, 0.4) is 0 Å². The van der Waals surface area contributed by atoms with Gasteiger partial charge in [-0.05, 0) is 12.1 Å². The predicted molar refractivity (Wildman–Crippen MR) is 46.7 cm³/mol. The first-order valence-corrected chi connectivity index (χ1v) is 3.79. The first-order chi connectivity index (χ1) is 4.93. The number of benzene rings is 1. The largest absolute Gasteiger partial charge is 0.665 e. The summed E-state index contributed by atoms with van der Waals surface area (Å²) in [4.78, 5) is 0. The molecule has 0 aliphatic rings. The number of rotatable bonds is 1. The fourth-order valence-corrected chi connectivity index (χ4v) is 0.517. The van der Waals surface area contributed by atoms with Crippen molar-refractivity contribution >= 4 is 15.9 Å². The average molecular weight is 290 g/mol. The summed E-state index contributed by atoms with van der Waals surface area (Å²) in [6.07, 6.45) is 0. The summed E-state index contributed by atoms with van der Waals surface area (Å²) in [7, 11) is 3.26. The van der Waals surface area contributed by atoms with Crippen LogP contribution in [0.1, 0.15) is 0 Å². The van der Waals surface area contributed by atoms with Gasteiger partial charge in [0.15, 0.2) is 0 Å². The van der Waals surface area contributed by atoms with Gasteiger partial charge in [0.1, 0.15) is 0 Å². The molecule has 0 atom stereocenters. The van der Waals surface area contributed by atoms with E-state index < -0.39 is 0 Å². The second kappa shape index (κ2) is 10.6. The van der Waals surface area contributed by atoms with E-state index in [2.05, 4.69) is 33.6 Å². The summed E-state index contributed by atoms with van der Waals surface area (Å²) in [5, 5.41) is 0. The van der Waals surface area contributed by atoms with Crippen molar-refractivity contribution in [2.75, 3.05) is 0 Å². The summed E-state index contributed by atoms with van der Waals surface area (Å²) in [5.74, 6) is 3.86. The minimum atomic E-state index is 0. The summed E-state index contributed by atoms with van der Waals surface area (Å²) >= 11 is 2.69. The zero-order valence-electron chi connectivity index (χ0n) is 6.16. The Morgan fingerprint density at radius 1 is 1.09 bits per heavy atom. The maximum Gasteiger partial charge on any atom is 0.0843 e. The van der Waals surface area contributed by atoms with E-state index in [-0.39, 0.29) is 32.7 Å². The Balaban J connectivity index is 0. The second-order valence-corrected chi connectivity index (χ2v) is 1.46.